The van der Waals surface area contributed by atoms with Crippen molar-refractivity contribution in [3.8, 4) is 0 Å². The second-order valence-electron chi connectivity index (χ2n) is 4.56. The van der Waals surface area contributed by atoms with E-state index in [2.05, 4.69) is 15.7 Å². The average molecular weight is 274 g/mol. The molecule has 0 atom stereocenters. The van der Waals surface area contributed by atoms with Crippen molar-refractivity contribution in [2.45, 2.75) is 25.8 Å². The Morgan fingerprint density at radius 3 is 2.82 bits per heavy atom. The molecule has 0 bridgehead atoms. The van der Waals surface area contributed by atoms with Gasteiger partial charge in [0.1, 0.15) is 9.84 Å². The Balaban J connectivity index is 1.88. The van der Waals surface area contributed by atoms with Gasteiger partial charge in [0.2, 0.25) is 0 Å². The van der Waals surface area contributed by atoms with E-state index in [4.69, 9.17) is 0 Å². The van der Waals surface area contributed by atoms with Crippen LogP contribution in [-0.4, -0.2) is 32.0 Å². The van der Waals surface area contributed by atoms with Crippen molar-refractivity contribution in [2.75, 3.05) is 18.6 Å². The maximum absolute atomic E-state index is 11.3. The molecule has 2 rings (SSSR count). The molecule has 0 amide bonds. The first-order valence-electron chi connectivity index (χ1n) is 5.87. The van der Waals surface area contributed by atoms with Crippen LogP contribution in [0.5, 0.6) is 0 Å². The fourth-order valence-corrected chi connectivity index (χ4v) is 4.59. The zero-order valence-electron chi connectivity index (χ0n) is 9.98. The third-order valence-corrected chi connectivity index (χ3v) is 5.73. The highest BCUT2D eigenvalue weighted by molar-refractivity contribution is 7.91. The summed E-state index contributed by atoms with van der Waals surface area (Å²) in [5, 5.41) is 6.29. The second kappa shape index (κ2) is 5.46. The second-order valence-corrected chi connectivity index (χ2v) is 7.81. The molecule has 0 aromatic carbocycles. The van der Waals surface area contributed by atoms with Crippen LogP contribution in [0.3, 0.4) is 0 Å². The van der Waals surface area contributed by atoms with Gasteiger partial charge in [0.15, 0.2) is 0 Å². The quantitative estimate of drug-likeness (QED) is 0.897. The summed E-state index contributed by atoms with van der Waals surface area (Å²) in [7, 11) is -0.831. The van der Waals surface area contributed by atoms with Crippen molar-refractivity contribution in [1.29, 1.82) is 0 Å². The molecule has 1 aliphatic heterocycles. The van der Waals surface area contributed by atoms with E-state index in [0.717, 1.165) is 36.5 Å². The van der Waals surface area contributed by atoms with Gasteiger partial charge in [0, 0.05) is 18.3 Å². The predicted octanol–water partition coefficient (Wildman–Crippen LogP) is 1.23. The smallest absolute Gasteiger partial charge is 0.150 e. The van der Waals surface area contributed by atoms with Crippen LogP contribution in [0.25, 0.3) is 0 Å². The van der Waals surface area contributed by atoms with Crippen LogP contribution in [0.2, 0.25) is 0 Å². The maximum Gasteiger partial charge on any atom is 0.150 e. The van der Waals surface area contributed by atoms with Crippen LogP contribution in [0, 0.1) is 5.92 Å². The summed E-state index contributed by atoms with van der Waals surface area (Å²) >= 11 is 1.68. The largest absolute Gasteiger partial charge is 0.314 e. The zero-order valence-corrected chi connectivity index (χ0v) is 11.6. The average Bonchev–Trinajstić information content (AvgIpc) is 2.70. The Bertz CT molecular complexity index is 454. The molecule has 1 aromatic rings. The summed E-state index contributed by atoms with van der Waals surface area (Å²) in [5.74, 6) is 1.20. The zero-order chi connectivity index (χ0) is 12.3. The van der Waals surface area contributed by atoms with Gasteiger partial charge in [-0.3, -0.25) is 0 Å². The lowest BCUT2D eigenvalue weighted by Gasteiger charge is -2.20. The number of rotatable bonds is 4. The van der Waals surface area contributed by atoms with Gasteiger partial charge in [0.05, 0.1) is 22.2 Å². The van der Waals surface area contributed by atoms with Gasteiger partial charge in [0.25, 0.3) is 0 Å². The topological polar surface area (TPSA) is 59.1 Å². The summed E-state index contributed by atoms with van der Waals surface area (Å²) in [6, 6.07) is 0. The lowest BCUT2D eigenvalue weighted by molar-refractivity contribution is 0.462. The van der Waals surface area contributed by atoms with E-state index in [1.54, 1.807) is 11.3 Å². The van der Waals surface area contributed by atoms with E-state index in [1.807, 2.05) is 7.05 Å². The third-order valence-electron chi connectivity index (χ3n) is 3.09. The SMILES string of the molecule is CNCc1csc(CC2CCS(=O)(=O)CC2)n1. The molecule has 0 aliphatic carbocycles. The first-order valence-corrected chi connectivity index (χ1v) is 8.57. The Morgan fingerprint density at radius 2 is 2.18 bits per heavy atom. The number of hydrogen-bond donors (Lipinski definition) is 1. The monoisotopic (exact) mass is 274 g/mol. The molecule has 0 saturated carbocycles. The van der Waals surface area contributed by atoms with Crippen molar-refractivity contribution < 1.29 is 8.42 Å². The van der Waals surface area contributed by atoms with Crippen molar-refractivity contribution >= 4 is 21.2 Å². The molecule has 96 valence electrons. The Labute approximate surface area is 106 Å². The normalized spacial score (nSPS) is 20.5. The number of hydrogen-bond acceptors (Lipinski definition) is 5. The number of sulfone groups is 1. The molecule has 1 aromatic heterocycles. The van der Waals surface area contributed by atoms with Gasteiger partial charge in [-0.05, 0) is 25.8 Å². The molecule has 1 N–H and O–H groups in total. The van der Waals surface area contributed by atoms with E-state index < -0.39 is 9.84 Å². The summed E-state index contributed by atoms with van der Waals surface area (Å²) in [6.45, 7) is 0.801. The van der Waals surface area contributed by atoms with Crippen LogP contribution < -0.4 is 5.32 Å². The van der Waals surface area contributed by atoms with Gasteiger partial charge in [-0.25, -0.2) is 13.4 Å². The first kappa shape index (κ1) is 13.0. The van der Waals surface area contributed by atoms with Gasteiger partial charge in [-0.2, -0.15) is 0 Å². The molecule has 1 saturated heterocycles. The van der Waals surface area contributed by atoms with Crippen molar-refractivity contribution in [2.24, 2.45) is 5.92 Å². The fraction of sp³-hybridized carbons (Fsp3) is 0.727. The van der Waals surface area contributed by atoms with Crippen molar-refractivity contribution in [3.63, 3.8) is 0 Å². The Morgan fingerprint density at radius 1 is 1.47 bits per heavy atom. The van der Waals surface area contributed by atoms with E-state index in [-0.39, 0.29) is 0 Å². The summed E-state index contributed by atoms with van der Waals surface area (Å²) in [5.41, 5.74) is 1.08. The molecule has 4 nitrogen and oxygen atoms in total. The van der Waals surface area contributed by atoms with E-state index in [9.17, 15) is 8.42 Å². The highest BCUT2D eigenvalue weighted by Crippen LogP contribution is 2.24. The minimum absolute atomic E-state index is 0.354. The molecule has 0 radical (unpaired) electrons. The van der Waals surface area contributed by atoms with Crippen LogP contribution in [0.4, 0.5) is 0 Å². The predicted molar refractivity (Wildman–Crippen MR) is 70.0 cm³/mol. The lowest BCUT2D eigenvalue weighted by Crippen LogP contribution is -2.24. The summed E-state index contributed by atoms with van der Waals surface area (Å²) < 4.78 is 22.6. The Kier molecular flexibility index (Phi) is 4.17. The minimum atomic E-state index is -2.74. The highest BCUT2D eigenvalue weighted by Gasteiger charge is 2.24. The maximum atomic E-state index is 11.3. The lowest BCUT2D eigenvalue weighted by atomic mass is 9.99. The van der Waals surface area contributed by atoms with Crippen molar-refractivity contribution in [1.82, 2.24) is 10.3 Å². The molecule has 0 unspecified atom stereocenters. The van der Waals surface area contributed by atoms with E-state index in [1.165, 1.54) is 0 Å². The van der Waals surface area contributed by atoms with Gasteiger partial charge in [-0.1, -0.05) is 0 Å². The summed E-state index contributed by atoms with van der Waals surface area (Å²) in [6.07, 6.45) is 2.52. The van der Waals surface area contributed by atoms with Crippen LogP contribution >= 0.6 is 11.3 Å². The van der Waals surface area contributed by atoms with E-state index in [0.29, 0.717) is 17.4 Å². The van der Waals surface area contributed by atoms with Crippen LogP contribution in [0.1, 0.15) is 23.5 Å². The van der Waals surface area contributed by atoms with Crippen LogP contribution in [-0.2, 0) is 22.8 Å². The van der Waals surface area contributed by atoms with Gasteiger partial charge < -0.3 is 5.32 Å². The highest BCUT2D eigenvalue weighted by atomic mass is 32.2. The molecular formula is C11H18N2O2S2. The fourth-order valence-electron chi connectivity index (χ4n) is 2.09. The standard InChI is InChI=1S/C11H18N2O2S2/c1-12-7-10-8-16-11(13-10)6-9-2-4-17(14,15)5-3-9/h8-9,12H,2-7H2,1H3. The van der Waals surface area contributed by atoms with E-state index >= 15 is 0 Å². The number of nitrogens with one attached hydrogen (secondary N) is 1. The number of nitrogens with zero attached hydrogens (tertiary/aromatic N) is 1. The third kappa shape index (κ3) is 3.76. The van der Waals surface area contributed by atoms with Gasteiger partial charge in [-0.15, -0.1) is 11.3 Å². The van der Waals surface area contributed by atoms with Gasteiger partial charge >= 0.3 is 0 Å². The summed E-state index contributed by atoms with van der Waals surface area (Å²) in [4.78, 5) is 4.54. The molecule has 6 heteroatoms. The van der Waals surface area contributed by atoms with Crippen molar-refractivity contribution in [3.05, 3.63) is 16.1 Å². The minimum Gasteiger partial charge on any atom is -0.314 e. The molecule has 1 aliphatic rings. The molecular weight excluding hydrogens is 256 g/mol. The molecule has 17 heavy (non-hydrogen) atoms. The number of aromatic nitrogens is 1. The van der Waals surface area contributed by atoms with Crippen LogP contribution in [0.15, 0.2) is 5.38 Å². The Hall–Kier alpha value is -0.460. The number of thiazole rings is 1. The molecule has 1 fully saturated rings. The first-order chi connectivity index (χ1) is 8.09. The molecule has 0 spiro atoms. The molecule has 2 heterocycles.